The number of nitrogens with one attached hydrogen (secondary N) is 1. The van der Waals surface area contributed by atoms with E-state index in [0.717, 1.165) is 0 Å². The van der Waals surface area contributed by atoms with Gasteiger partial charge in [-0.05, 0) is 26.2 Å². The minimum Gasteiger partial charge on any atom is -0.317 e. The second-order valence-electron chi connectivity index (χ2n) is 5.30. The largest absolute Gasteiger partial charge is 0.317 e. The highest BCUT2D eigenvalue weighted by Gasteiger charge is 2.60. The zero-order chi connectivity index (χ0) is 13.8. The minimum atomic E-state index is -3.74. The average molecular weight is 270 g/mol. The van der Waals surface area contributed by atoms with Gasteiger partial charge in [-0.3, -0.25) is 9.52 Å². The predicted octanol–water partition coefficient (Wildman–Crippen LogP) is 0.444. The third kappa shape index (κ3) is 1.71. The van der Waals surface area contributed by atoms with Gasteiger partial charge < -0.3 is 5.73 Å². The van der Waals surface area contributed by atoms with E-state index in [4.69, 9.17) is 5.73 Å². The van der Waals surface area contributed by atoms with E-state index in [0.29, 0.717) is 24.8 Å². The van der Waals surface area contributed by atoms with Gasteiger partial charge in [0.1, 0.15) is 10.3 Å². The molecule has 5 nitrogen and oxygen atoms in total. The van der Waals surface area contributed by atoms with Crippen molar-refractivity contribution in [2.24, 2.45) is 11.7 Å². The number of hydrogen-bond acceptors (Lipinski definition) is 4. The molecule has 2 rings (SSSR count). The maximum atomic E-state index is 12.2. The van der Waals surface area contributed by atoms with Crippen molar-refractivity contribution in [3.8, 4) is 0 Å². The van der Waals surface area contributed by atoms with Gasteiger partial charge in [0.25, 0.3) is 5.91 Å². The lowest BCUT2D eigenvalue weighted by atomic mass is 10.2. The van der Waals surface area contributed by atoms with Crippen molar-refractivity contribution in [2.45, 2.75) is 36.5 Å². The van der Waals surface area contributed by atoms with Gasteiger partial charge in [-0.25, -0.2) is 8.42 Å². The summed E-state index contributed by atoms with van der Waals surface area (Å²) in [6, 6.07) is 0. The summed E-state index contributed by atoms with van der Waals surface area (Å²) in [6.45, 7) is 8.92. The summed E-state index contributed by atoms with van der Waals surface area (Å²) < 4.78 is 25.5. The van der Waals surface area contributed by atoms with Gasteiger partial charge in [0.05, 0.1) is 0 Å². The highest BCUT2D eigenvalue weighted by molar-refractivity contribution is 7.92. The zero-order valence-electron chi connectivity index (χ0n) is 10.4. The van der Waals surface area contributed by atoms with Gasteiger partial charge in [0.2, 0.25) is 10.0 Å². The Hall–Kier alpha value is -1.14. The second-order valence-corrected chi connectivity index (χ2v) is 7.29. The fraction of sp³-hybridized carbons (Fsp3) is 0.583. The molecule has 0 saturated heterocycles. The van der Waals surface area contributed by atoms with Gasteiger partial charge in [0, 0.05) is 5.92 Å². The van der Waals surface area contributed by atoms with Crippen molar-refractivity contribution in [1.82, 2.24) is 4.72 Å². The van der Waals surface area contributed by atoms with Crippen LogP contribution < -0.4 is 10.5 Å². The van der Waals surface area contributed by atoms with Crippen molar-refractivity contribution in [3.63, 3.8) is 0 Å². The first kappa shape index (κ1) is 13.3. The molecule has 0 aromatic carbocycles. The normalized spacial score (nSPS) is 32.4. The molecular formula is C12H18N2O3S. The van der Waals surface area contributed by atoms with Crippen molar-refractivity contribution in [1.29, 1.82) is 0 Å². The van der Waals surface area contributed by atoms with Crippen molar-refractivity contribution in [2.75, 3.05) is 0 Å². The number of carbonyl (C=O) groups excluding carboxylic acids is 1. The van der Waals surface area contributed by atoms with E-state index in [1.165, 1.54) is 0 Å². The summed E-state index contributed by atoms with van der Waals surface area (Å²) in [5, 5.41) is 0. The van der Waals surface area contributed by atoms with Crippen LogP contribution in [0.2, 0.25) is 0 Å². The molecule has 18 heavy (non-hydrogen) atoms. The Morgan fingerprint density at radius 2 is 2.06 bits per heavy atom. The topological polar surface area (TPSA) is 89.3 Å². The lowest BCUT2D eigenvalue weighted by Crippen LogP contribution is -2.50. The Balaban J connectivity index is 2.14. The van der Waals surface area contributed by atoms with Gasteiger partial charge in [-0.15, -0.1) is 6.58 Å². The van der Waals surface area contributed by atoms with Crippen molar-refractivity contribution < 1.29 is 13.2 Å². The maximum absolute atomic E-state index is 12.2. The van der Waals surface area contributed by atoms with Crippen LogP contribution in [0.4, 0.5) is 0 Å². The number of nitrogens with two attached hydrogens (primary N) is 1. The molecule has 0 unspecified atom stereocenters. The standard InChI is InChI=1S/C12H18N2O3S/c1-4-9-7-12(9,13)10(15)14-18(16,17)11(5-6-11)8(2)3/h4,9H,1-2,5-7,13H2,3H3,(H,14,15)/t9-,12-/m1/s1. The number of carbonyl (C=O) groups is 1. The Kier molecular flexibility index (Phi) is 2.72. The van der Waals surface area contributed by atoms with Crippen LogP contribution >= 0.6 is 0 Å². The van der Waals surface area contributed by atoms with Crippen LogP contribution in [0.3, 0.4) is 0 Å². The van der Waals surface area contributed by atoms with Crippen LogP contribution in [0.25, 0.3) is 0 Å². The van der Waals surface area contributed by atoms with Gasteiger partial charge in [0.15, 0.2) is 0 Å². The molecule has 0 radical (unpaired) electrons. The number of sulfonamides is 1. The van der Waals surface area contributed by atoms with Gasteiger partial charge in [-0.2, -0.15) is 0 Å². The lowest BCUT2D eigenvalue weighted by molar-refractivity contribution is -0.121. The summed E-state index contributed by atoms with van der Waals surface area (Å²) in [5.41, 5.74) is 5.27. The number of amides is 1. The number of hydrogen-bond donors (Lipinski definition) is 2. The molecule has 0 aliphatic heterocycles. The highest BCUT2D eigenvalue weighted by Crippen LogP contribution is 2.49. The molecule has 3 N–H and O–H groups in total. The molecule has 2 aliphatic carbocycles. The Bertz CT molecular complexity index is 534. The fourth-order valence-electron chi connectivity index (χ4n) is 2.21. The monoisotopic (exact) mass is 270 g/mol. The van der Waals surface area contributed by atoms with Crippen LogP contribution in [0.5, 0.6) is 0 Å². The molecule has 0 bridgehead atoms. The lowest BCUT2D eigenvalue weighted by Gasteiger charge is -2.19. The summed E-state index contributed by atoms with van der Waals surface area (Å²) in [5.74, 6) is -0.785. The third-order valence-electron chi connectivity index (χ3n) is 3.99. The molecule has 100 valence electrons. The minimum absolute atomic E-state index is 0.146. The molecule has 0 heterocycles. The molecule has 2 atom stereocenters. The fourth-order valence-corrected chi connectivity index (χ4v) is 3.94. The van der Waals surface area contributed by atoms with E-state index in [1.54, 1.807) is 13.0 Å². The average Bonchev–Trinajstić information content (AvgIpc) is 3.09. The highest BCUT2D eigenvalue weighted by atomic mass is 32.2. The van der Waals surface area contributed by atoms with Crippen molar-refractivity contribution >= 4 is 15.9 Å². The second kappa shape index (κ2) is 3.68. The molecular weight excluding hydrogens is 252 g/mol. The molecule has 2 fully saturated rings. The third-order valence-corrected chi connectivity index (χ3v) is 6.23. The van der Waals surface area contributed by atoms with E-state index in [1.807, 2.05) is 0 Å². The van der Waals surface area contributed by atoms with Crippen LogP contribution in [0.15, 0.2) is 24.8 Å². The predicted molar refractivity (Wildman–Crippen MR) is 69.1 cm³/mol. The van der Waals surface area contributed by atoms with Crippen LogP contribution in [-0.2, 0) is 14.8 Å². The summed E-state index contributed by atoms with van der Waals surface area (Å²) in [6.07, 6.45) is 3.04. The summed E-state index contributed by atoms with van der Waals surface area (Å²) >= 11 is 0. The molecule has 1 amide bonds. The van der Waals surface area contributed by atoms with E-state index >= 15 is 0 Å². The van der Waals surface area contributed by atoms with E-state index in [2.05, 4.69) is 17.9 Å². The summed E-state index contributed by atoms with van der Waals surface area (Å²) in [4.78, 5) is 11.9. The van der Waals surface area contributed by atoms with Gasteiger partial charge in [-0.1, -0.05) is 18.2 Å². The number of rotatable bonds is 5. The van der Waals surface area contributed by atoms with Crippen molar-refractivity contribution in [3.05, 3.63) is 24.8 Å². The van der Waals surface area contributed by atoms with E-state index < -0.39 is 26.2 Å². The summed E-state index contributed by atoms with van der Waals surface area (Å²) in [7, 11) is -3.74. The van der Waals surface area contributed by atoms with Crippen LogP contribution in [-0.4, -0.2) is 24.6 Å². The first-order valence-corrected chi connectivity index (χ1v) is 7.32. The Morgan fingerprint density at radius 3 is 2.39 bits per heavy atom. The first-order valence-electron chi connectivity index (χ1n) is 5.84. The zero-order valence-corrected chi connectivity index (χ0v) is 11.2. The molecule has 2 aliphatic rings. The van der Waals surface area contributed by atoms with E-state index in [-0.39, 0.29) is 5.92 Å². The first-order chi connectivity index (χ1) is 8.19. The van der Waals surface area contributed by atoms with Crippen LogP contribution in [0.1, 0.15) is 26.2 Å². The molecule has 6 heteroatoms. The van der Waals surface area contributed by atoms with E-state index in [9.17, 15) is 13.2 Å². The molecule has 0 aromatic rings. The van der Waals surface area contributed by atoms with Gasteiger partial charge >= 0.3 is 0 Å². The Labute approximate surface area is 107 Å². The van der Waals surface area contributed by atoms with Crippen LogP contribution in [0, 0.1) is 5.92 Å². The SMILES string of the molecule is C=C[C@@H]1C[C@]1(N)C(=O)NS(=O)(=O)C1(C(=C)C)CC1. The Morgan fingerprint density at radius 1 is 1.50 bits per heavy atom. The molecule has 2 saturated carbocycles. The molecule has 0 aromatic heterocycles. The quantitative estimate of drug-likeness (QED) is 0.710. The smallest absolute Gasteiger partial charge is 0.254 e. The maximum Gasteiger partial charge on any atom is 0.254 e. The molecule has 0 spiro atoms.